The lowest BCUT2D eigenvalue weighted by molar-refractivity contribution is -0.124. The fraction of sp³-hybridized carbons (Fsp3) is 0.300. The Balaban J connectivity index is 1.44. The van der Waals surface area contributed by atoms with Crippen LogP contribution in [-0.2, 0) is 14.8 Å². The van der Waals surface area contributed by atoms with Crippen LogP contribution in [0.2, 0.25) is 0 Å². The maximum absolute atomic E-state index is 13.8. The number of halogens is 2. The van der Waals surface area contributed by atoms with Gasteiger partial charge in [0.25, 0.3) is 5.91 Å². The highest BCUT2D eigenvalue weighted by Gasteiger charge is 2.43. The molecule has 4 rings (SSSR count). The number of sulfonamides is 1. The molecule has 2 atom stereocenters. The number of anilines is 1. The molecule has 14 heteroatoms. The number of β-amino-alcohol motifs (C(OH)–C–C–N with tert-alkyl or cyclic N) is 1. The number of carbonyl (C=O) groups is 1. The van der Waals surface area contributed by atoms with Gasteiger partial charge in [0.2, 0.25) is 10.0 Å². The molecular weight excluding hydrogens is 494 g/mol. The summed E-state index contributed by atoms with van der Waals surface area (Å²) in [5, 5.41) is 12.3. The first kappa shape index (κ1) is 24.1. The number of hydrogen-bond acceptors (Lipinski definition) is 7. The Morgan fingerprint density at radius 3 is 2.56 bits per heavy atom. The fourth-order valence-corrected chi connectivity index (χ4v) is 5.37. The normalized spacial score (nSPS) is 20.0. The Hall–Kier alpha value is -3.07. The van der Waals surface area contributed by atoms with Crippen LogP contribution in [0.15, 0.2) is 41.3 Å². The lowest BCUT2D eigenvalue weighted by Gasteiger charge is -2.24. The molecule has 0 spiro atoms. The zero-order chi connectivity index (χ0) is 24.5. The van der Waals surface area contributed by atoms with Gasteiger partial charge in [0, 0.05) is 25.1 Å². The third-order valence-corrected chi connectivity index (χ3v) is 7.21. The van der Waals surface area contributed by atoms with Gasteiger partial charge in [-0.15, -0.1) is 0 Å². The van der Waals surface area contributed by atoms with E-state index in [0.29, 0.717) is 18.4 Å². The minimum absolute atomic E-state index is 0.124. The Labute approximate surface area is 198 Å². The molecule has 1 amide bonds. The second kappa shape index (κ2) is 9.66. The van der Waals surface area contributed by atoms with Crippen LogP contribution < -0.4 is 25.6 Å². The topological polar surface area (TPSA) is 129 Å². The third-order valence-electron chi connectivity index (χ3n) is 5.14. The first-order chi connectivity index (χ1) is 16.1. The molecule has 2 heterocycles. The summed E-state index contributed by atoms with van der Waals surface area (Å²) < 4.78 is 65.0. The molecule has 0 radical (unpaired) electrons. The van der Waals surface area contributed by atoms with E-state index in [2.05, 4.69) is 16.2 Å². The Morgan fingerprint density at radius 2 is 1.82 bits per heavy atom. The van der Waals surface area contributed by atoms with Crippen LogP contribution in [-0.4, -0.2) is 60.8 Å². The number of thiocarbonyl (C=S) groups is 1. The molecule has 1 fully saturated rings. The third kappa shape index (κ3) is 5.04. The largest absolute Gasteiger partial charge is 0.486 e. The van der Waals surface area contributed by atoms with E-state index >= 15 is 0 Å². The number of fused-ring (bicyclic) bond motifs is 1. The van der Waals surface area contributed by atoms with Crippen molar-refractivity contribution in [2.45, 2.75) is 23.5 Å². The van der Waals surface area contributed by atoms with Gasteiger partial charge < -0.3 is 19.9 Å². The van der Waals surface area contributed by atoms with Crippen LogP contribution in [0.4, 0.5) is 14.5 Å². The molecule has 10 nitrogen and oxygen atoms in total. The zero-order valence-corrected chi connectivity index (χ0v) is 19.1. The highest BCUT2D eigenvalue weighted by Crippen LogP contribution is 2.34. The summed E-state index contributed by atoms with van der Waals surface area (Å²) in [6, 6.07) is 5.65. The van der Waals surface area contributed by atoms with Crippen molar-refractivity contribution in [2.24, 2.45) is 0 Å². The van der Waals surface area contributed by atoms with Gasteiger partial charge in [-0.2, -0.15) is 4.31 Å². The summed E-state index contributed by atoms with van der Waals surface area (Å²) in [6.07, 6.45) is -1.22. The van der Waals surface area contributed by atoms with Gasteiger partial charge in [-0.1, -0.05) is 0 Å². The summed E-state index contributed by atoms with van der Waals surface area (Å²) in [5.74, 6) is -1.79. The number of aliphatic hydroxyl groups excluding tert-OH is 1. The quantitative estimate of drug-likeness (QED) is 0.347. The molecule has 0 unspecified atom stereocenters. The van der Waals surface area contributed by atoms with Crippen molar-refractivity contribution in [1.29, 1.82) is 0 Å². The molecule has 34 heavy (non-hydrogen) atoms. The standard InChI is InChI=1S/C20H20F2N4O6S2/c21-11-1-3-15(14(22)7-11)23-20(33)25-24-19(28)16-8-12(27)10-26(16)34(29,30)13-2-4-17-18(9-13)32-6-5-31-17/h1-4,7,9,12,16,27H,5-6,8,10H2,(H,24,28)(H2,23,25,33)/t12-,16+/m0/s1. The average Bonchev–Trinajstić information content (AvgIpc) is 3.21. The minimum Gasteiger partial charge on any atom is -0.486 e. The van der Waals surface area contributed by atoms with E-state index < -0.39 is 39.7 Å². The van der Waals surface area contributed by atoms with E-state index in [9.17, 15) is 27.1 Å². The molecule has 0 saturated carbocycles. The molecule has 2 aliphatic rings. The van der Waals surface area contributed by atoms with Crippen molar-refractivity contribution < 1.29 is 36.6 Å². The van der Waals surface area contributed by atoms with Gasteiger partial charge in [0.05, 0.1) is 16.7 Å². The monoisotopic (exact) mass is 514 g/mol. The van der Waals surface area contributed by atoms with Gasteiger partial charge in [-0.05, 0) is 36.5 Å². The van der Waals surface area contributed by atoms with E-state index in [0.717, 1.165) is 16.4 Å². The average molecular weight is 515 g/mol. The van der Waals surface area contributed by atoms with Crippen LogP contribution in [0, 0.1) is 11.6 Å². The Kier molecular flexibility index (Phi) is 6.84. The molecule has 182 valence electrons. The number of carbonyl (C=O) groups excluding carboxylic acids is 1. The number of benzene rings is 2. The Bertz CT molecular complexity index is 1230. The number of nitrogens with one attached hydrogen (secondary N) is 3. The predicted molar refractivity (Wildman–Crippen MR) is 120 cm³/mol. The van der Waals surface area contributed by atoms with Crippen molar-refractivity contribution in [3.05, 3.63) is 48.0 Å². The second-order valence-electron chi connectivity index (χ2n) is 7.48. The van der Waals surface area contributed by atoms with Gasteiger partial charge in [-0.25, -0.2) is 17.2 Å². The highest BCUT2D eigenvalue weighted by atomic mass is 32.2. The van der Waals surface area contributed by atoms with Gasteiger partial charge >= 0.3 is 0 Å². The van der Waals surface area contributed by atoms with E-state index in [4.69, 9.17) is 21.7 Å². The Morgan fingerprint density at radius 1 is 1.09 bits per heavy atom. The molecule has 2 aromatic carbocycles. The van der Waals surface area contributed by atoms with Crippen LogP contribution in [0.1, 0.15) is 6.42 Å². The van der Waals surface area contributed by atoms with Crippen molar-refractivity contribution >= 4 is 38.9 Å². The van der Waals surface area contributed by atoms with Crippen LogP contribution in [0.25, 0.3) is 0 Å². The van der Waals surface area contributed by atoms with Gasteiger partial charge in [-0.3, -0.25) is 15.6 Å². The molecule has 0 aromatic heterocycles. The van der Waals surface area contributed by atoms with Crippen LogP contribution >= 0.6 is 12.2 Å². The van der Waals surface area contributed by atoms with Gasteiger partial charge in [0.15, 0.2) is 16.6 Å². The SMILES string of the molecule is O=C(NNC(=S)Nc1ccc(F)cc1F)[C@H]1C[C@H](O)CN1S(=O)(=O)c1ccc2c(c1)OCCO2. The number of rotatable bonds is 4. The minimum atomic E-state index is -4.18. The molecule has 4 N–H and O–H groups in total. The number of amides is 1. The summed E-state index contributed by atoms with van der Waals surface area (Å²) in [6.45, 7) is 0.320. The molecule has 1 saturated heterocycles. The molecule has 0 aliphatic carbocycles. The number of ether oxygens (including phenoxy) is 2. The highest BCUT2D eigenvalue weighted by molar-refractivity contribution is 7.89. The number of hydrogen-bond donors (Lipinski definition) is 4. The number of hydrazine groups is 1. The number of aliphatic hydroxyl groups is 1. The summed E-state index contributed by atoms with van der Waals surface area (Å²) >= 11 is 4.98. The molecule has 2 aliphatic heterocycles. The first-order valence-corrected chi connectivity index (χ1v) is 11.9. The molecule has 2 aromatic rings. The van der Waals surface area contributed by atoms with Crippen molar-refractivity contribution in [3.63, 3.8) is 0 Å². The lowest BCUT2D eigenvalue weighted by atomic mass is 10.2. The van der Waals surface area contributed by atoms with Crippen molar-refractivity contribution in [3.8, 4) is 11.5 Å². The maximum Gasteiger partial charge on any atom is 0.256 e. The lowest BCUT2D eigenvalue weighted by Crippen LogP contribution is -2.52. The summed E-state index contributed by atoms with van der Waals surface area (Å²) in [5.41, 5.74) is 4.45. The van der Waals surface area contributed by atoms with Crippen LogP contribution in [0.5, 0.6) is 11.5 Å². The van der Waals surface area contributed by atoms with E-state index in [1.54, 1.807) is 0 Å². The predicted octanol–water partition coefficient (Wildman–Crippen LogP) is 0.878. The second-order valence-corrected chi connectivity index (χ2v) is 9.78. The van der Waals surface area contributed by atoms with Crippen molar-refractivity contribution in [1.82, 2.24) is 15.2 Å². The van der Waals surface area contributed by atoms with Crippen molar-refractivity contribution in [2.75, 3.05) is 25.1 Å². The smallest absolute Gasteiger partial charge is 0.256 e. The zero-order valence-electron chi connectivity index (χ0n) is 17.5. The van der Waals surface area contributed by atoms with Crippen LogP contribution in [0.3, 0.4) is 0 Å². The van der Waals surface area contributed by atoms with E-state index in [1.165, 1.54) is 18.2 Å². The fourth-order valence-electron chi connectivity index (χ4n) is 3.55. The molecule has 0 bridgehead atoms. The van der Waals surface area contributed by atoms with Gasteiger partial charge in [0.1, 0.15) is 30.9 Å². The summed E-state index contributed by atoms with van der Waals surface area (Å²) in [4.78, 5) is 12.6. The summed E-state index contributed by atoms with van der Waals surface area (Å²) in [7, 11) is -4.18. The molecular formula is C20H20F2N4O6S2. The maximum atomic E-state index is 13.8. The first-order valence-electron chi connectivity index (χ1n) is 10.1. The number of nitrogens with zero attached hydrogens (tertiary/aromatic N) is 1. The van der Waals surface area contributed by atoms with E-state index in [1.807, 2.05) is 0 Å². The van der Waals surface area contributed by atoms with E-state index in [-0.39, 0.29) is 41.0 Å².